The second-order valence-electron chi connectivity index (χ2n) is 2.10. The Hall–Kier alpha value is -1.02. The summed E-state index contributed by atoms with van der Waals surface area (Å²) in [5.74, 6) is -0.525. The van der Waals surface area contributed by atoms with E-state index in [0.29, 0.717) is 10.6 Å². The van der Waals surface area contributed by atoms with Crippen molar-refractivity contribution in [1.29, 1.82) is 0 Å². The van der Waals surface area contributed by atoms with Crippen LogP contribution in [0, 0.1) is 6.42 Å². The molecular weight excluding hydrogens is 176 g/mol. The number of methoxy groups -OCH3 is 1. The van der Waals surface area contributed by atoms with Crippen LogP contribution in [0.4, 0.5) is 0 Å². The van der Waals surface area contributed by atoms with Crippen LogP contribution >= 0.6 is 11.6 Å². The first-order valence-electron chi connectivity index (χ1n) is 3.33. The van der Waals surface area contributed by atoms with Gasteiger partial charge in [0.1, 0.15) is 6.42 Å². The van der Waals surface area contributed by atoms with E-state index in [9.17, 15) is 4.79 Å². The van der Waals surface area contributed by atoms with E-state index in [1.165, 1.54) is 7.11 Å². The zero-order chi connectivity index (χ0) is 8.97. The van der Waals surface area contributed by atoms with Crippen molar-refractivity contribution in [3.05, 3.63) is 41.3 Å². The molecule has 0 saturated carbocycles. The molecule has 0 aliphatic carbocycles. The Morgan fingerprint density at radius 1 is 1.50 bits per heavy atom. The Morgan fingerprint density at radius 3 is 2.75 bits per heavy atom. The molecule has 0 fully saturated rings. The van der Waals surface area contributed by atoms with Gasteiger partial charge in [-0.3, -0.25) is 4.79 Å². The molecule has 0 spiro atoms. The number of esters is 1. The number of hydrogen-bond acceptors (Lipinski definition) is 2. The average Bonchev–Trinajstić information content (AvgIpc) is 2.09. The molecule has 3 heteroatoms. The molecule has 12 heavy (non-hydrogen) atoms. The van der Waals surface area contributed by atoms with Gasteiger partial charge in [0.25, 0.3) is 0 Å². The van der Waals surface area contributed by atoms with E-state index in [2.05, 4.69) is 11.2 Å². The standard InChI is InChI=1S/C9H7ClO2/c1-12-9(11)6-7-4-2-3-5-8(7)10/h2-5H,1H3. The molecule has 0 bridgehead atoms. The van der Waals surface area contributed by atoms with Gasteiger partial charge < -0.3 is 4.74 Å². The lowest BCUT2D eigenvalue weighted by Crippen LogP contribution is -2.01. The average molecular weight is 183 g/mol. The third-order valence-electron chi connectivity index (χ3n) is 1.30. The minimum atomic E-state index is -0.525. The van der Waals surface area contributed by atoms with Crippen molar-refractivity contribution in [2.24, 2.45) is 0 Å². The maximum absolute atomic E-state index is 10.7. The number of ether oxygens (including phenoxy) is 1. The maximum atomic E-state index is 10.7. The fraction of sp³-hybridized carbons (Fsp3) is 0.111. The highest BCUT2D eigenvalue weighted by Gasteiger charge is 2.06. The molecule has 62 valence electrons. The fourth-order valence-electron chi connectivity index (χ4n) is 0.724. The highest BCUT2D eigenvalue weighted by Crippen LogP contribution is 2.16. The smallest absolute Gasteiger partial charge is 0.319 e. The number of rotatable bonds is 2. The first-order valence-corrected chi connectivity index (χ1v) is 3.71. The fourth-order valence-corrected chi connectivity index (χ4v) is 0.907. The molecule has 0 aromatic heterocycles. The molecule has 0 atom stereocenters. The van der Waals surface area contributed by atoms with Gasteiger partial charge in [-0.05, 0) is 11.6 Å². The van der Waals surface area contributed by atoms with E-state index in [0.717, 1.165) is 0 Å². The van der Waals surface area contributed by atoms with Crippen molar-refractivity contribution in [1.82, 2.24) is 0 Å². The number of benzene rings is 1. The topological polar surface area (TPSA) is 26.3 Å². The van der Waals surface area contributed by atoms with Crippen LogP contribution in [0.3, 0.4) is 0 Å². The van der Waals surface area contributed by atoms with Crippen molar-refractivity contribution >= 4 is 17.6 Å². The molecule has 0 aliphatic rings. The summed E-state index contributed by atoms with van der Waals surface area (Å²) in [5, 5.41) is 0.489. The molecule has 0 unspecified atom stereocenters. The molecule has 1 aromatic rings. The van der Waals surface area contributed by atoms with Gasteiger partial charge in [-0.15, -0.1) is 0 Å². The zero-order valence-electron chi connectivity index (χ0n) is 6.50. The third-order valence-corrected chi connectivity index (χ3v) is 1.63. The largest absolute Gasteiger partial charge is 0.468 e. The zero-order valence-corrected chi connectivity index (χ0v) is 7.26. The summed E-state index contributed by atoms with van der Waals surface area (Å²) in [6.45, 7) is 0. The molecular formula is C9H7ClO2. The Balaban J connectivity index is 2.75. The van der Waals surface area contributed by atoms with Gasteiger partial charge in [-0.25, -0.2) is 0 Å². The van der Waals surface area contributed by atoms with Gasteiger partial charge in [0, 0.05) is 5.02 Å². The van der Waals surface area contributed by atoms with E-state index in [1.807, 2.05) is 0 Å². The molecule has 0 amide bonds. The summed E-state index contributed by atoms with van der Waals surface area (Å²) in [6, 6.07) is 6.94. The highest BCUT2D eigenvalue weighted by atomic mass is 35.5. The van der Waals surface area contributed by atoms with Gasteiger partial charge in [0.15, 0.2) is 0 Å². The van der Waals surface area contributed by atoms with E-state index >= 15 is 0 Å². The van der Waals surface area contributed by atoms with E-state index in [-0.39, 0.29) is 0 Å². The molecule has 0 N–H and O–H groups in total. The van der Waals surface area contributed by atoms with Crippen LogP contribution in [0.2, 0.25) is 5.02 Å². The molecule has 2 radical (unpaired) electrons. The van der Waals surface area contributed by atoms with Crippen LogP contribution < -0.4 is 0 Å². The minimum Gasteiger partial charge on any atom is -0.468 e. The molecule has 0 saturated heterocycles. The molecule has 1 rings (SSSR count). The maximum Gasteiger partial charge on any atom is 0.319 e. The van der Waals surface area contributed by atoms with Crippen LogP contribution in [0.15, 0.2) is 24.3 Å². The predicted octanol–water partition coefficient (Wildman–Crippen LogP) is 1.94. The molecule has 0 aliphatic heterocycles. The first-order chi connectivity index (χ1) is 5.74. The molecule has 2 nitrogen and oxygen atoms in total. The van der Waals surface area contributed by atoms with Crippen molar-refractivity contribution < 1.29 is 9.53 Å². The highest BCUT2D eigenvalue weighted by molar-refractivity contribution is 6.31. The van der Waals surface area contributed by atoms with Crippen molar-refractivity contribution in [3.8, 4) is 0 Å². The van der Waals surface area contributed by atoms with Gasteiger partial charge in [-0.1, -0.05) is 29.8 Å². The van der Waals surface area contributed by atoms with Crippen LogP contribution in [0.1, 0.15) is 5.56 Å². The summed E-state index contributed by atoms with van der Waals surface area (Å²) in [5.41, 5.74) is 0.547. The Kier molecular flexibility index (Phi) is 3.11. The Labute approximate surface area is 76.1 Å². The van der Waals surface area contributed by atoms with Crippen molar-refractivity contribution in [2.75, 3.05) is 7.11 Å². The summed E-state index contributed by atoms with van der Waals surface area (Å²) in [6.07, 6.45) is 2.47. The minimum absolute atomic E-state index is 0.489. The molecule has 0 heterocycles. The van der Waals surface area contributed by atoms with Gasteiger partial charge in [0.05, 0.1) is 7.11 Å². The molecule has 1 aromatic carbocycles. The van der Waals surface area contributed by atoms with Gasteiger partial charge in [-0.2, -0.15) is 0 Å². The van der Waals surface area contributed by atoms with E-state index in [4.69, 9.17) is 11.6 Å². The predicted molar refractivity (Wildman–Crippen MR) is 45.8 cm³/mol. The number of halogens is 1. The van der Waals surface area contributed by atoms with Crippen molar-refractivity contribution in [2.45, 2.75) is 0 Å². The lowest BCUT2D eigenvalue weighted by Gasteiger charge is -1.99. The summed E-state index contributed by atoms with van der Waals surface area (Å²) < 4.78 is 4.40. The Bertz CT molecular complexity index is 284. The van der Waals surface area contributed by atoms with Crippen molar-refractivity contribution in [3.63, 3.8) is 0 Å². The van der Waals surface area contributed by atoms with E-state index in [1.54, 1.807) is 24.3 Å². The normalized spacial score (nSPS) is 9.50. The lowest BCUT2D eigenvalue weighted by molar-refractivity contribution is -0.136. The van der Waals surface area contributed by atoms with Crippen LogP contribution in [0.5, 0.6) is 0 Å². The number of carbonyl (C=O) groups is 1. The Morgan fingerprint density at radius 2 is 2.17 bits per heavy atom. The summed E-state index contributed by atoms with van der Waals surface area (Å²) >= 11 is 5.76. The van der Waals surface area contributed by atoms with Crippen LogP contribution in [-0.2, 0) is 9.53 Å². The first kappa shape index (κ1) is 9.07. The second kappa shape index (κ2) is 4.12. The number of hydrogen-bond donors (Lipinski definition) is 0. The monoisotopic (exact) mass is 182 g/mol. The van der Waals surface area contributed by atoms with E-state index < -0.39 is 5.97 Å². The van der Waals surface area contributed by atoms with Gasteiger partial charge in [0.2, 0.25) is 0 Å². The summed E-state index contributed by atoms with van der Waals surface area (Å²) in [4.78, 5) is 10.7. The second-order valence-corrected chi connectivity index (χ2v) is 2.50. The lowest BCUT2D eigenvalue weighted by atomic mass is 10.1. The quantitative estimate of drug-likeness (QED) is 0.654. The van der Waals surface area contributed by atoms with Crippen LogP contribution in [-0.4, -0.2) is 13.1 Å². The third kappa shape index (κ3) is 2.24. The van der Waals surface area contributed by atoms with Crippen LogP contribution in [0.25, 0.3) is 0 Å². The number of carbonyl (C=O) groups excluding carboxylic acids is 1. The SMILES string of the molecule is COC(=O)[C]c1ccccc1Cl. The summed E-state index contributed by atoms with van der Waals surface area (Å²) in [7, 11) is 1.30. The van der Waals surface area contributed by atoms with Gasteiger partial charge >= 0.3 is 5.97 Å².